The molecule has 0 atom stereocenters. The van der Waals surface area contributed by atoms with Gasteiger partial charge in [0.25, 0.3) is 0 Å². The SMILES string of the molecule is Cc1cccc(C)c1OCCC(=O)Nc1ccccc1C#N. The topological polar surface area (TPSA) is 62.1 Å². The van der Waals surface area contributed by atoms with Crippen LogP contribution in [0, 0.1) is 25.2 Å². The maximum Gasteiger partial charge on any atom is 0.227 e. The number of nitriles is 1. The number of para-hydroxylation sites is 2. The van der Waals surface area contributed by atoms with E-state index in [1.165, 1.54) is 0 Å². The smallest absolute Gasteiger partial charge is 0.227 e. The van der Waals surface area contributed by atoms with Gasteiger partial charge in [-0.05, 0) is 37.1 Å². The molecule has 0 spiro atoms. The van der Waals surface area contributed by atoms with Gasteiger partial charge in [-0.3, -0.25) is 4.79 Å². The third-order valence-corrected chi connectivity index (χ3v) is 3.31. The standard InChI is InChI=1S/C18H18N2O2/c1-13-6-5-7-14(2)18(13)22-11-10-17(21)20-16-9-4-3-8-15(16)12-19/h3-9H,10-11H2,1-2H3,(H,20,21). The maximum atomic E-state index is 11.9. The fraction of sp³-hybridized carbons (Fsp3) is 0.222. The maximum absolute atomic E-state index is 11.9. The molecule has 2 aromatic rings. The van der Waals surface area contributed by atoms with Crippen LogP contribution in [-0.2, 0) is 4.79 Å². The molecule has 0 bridgehead atoms. The molecule has 4 heteroatoms. The van der Waals surface area contributed by atoms with Crippen molar-refractivity contribution in [1.82, 2.24) is 0 Å². The third kappa shape index (κ3) is 3.86. The van der Waals surface area contributed by atoms with E-state index in [4.69, 9.17) is 10.00 Å². The molecule has 112 valence electrons. The van der Waals surface area contributed by atoms with Gasteiger partial charge in [0.15, 0.2) is 0 Å². The molecule has 4 nitrogen and oxygen atoms in total. The van der Waals surface area contributed by atoms with Gasteiger partial charge in [0.05, 0.1) is 24.3 Å². The van der Waals surface area contributed by atoms with Crippen LogP contribution in [0.4, 0.5) is 5.69 Å². The lowest BCUT2D eigenvalue weighted by atomic mass is 10.1. The van der Waals surface area contributed by atoms with E-state index in [0.717, 1.165) is 16.9 Å². The molecule has 0 radical (unpaired) electrons. The molecular formula is C18H18N2O2. The van der Waals surface area contributed by atoms with Crippen LogP contribution in [0.15, 0.2) is 42.5 Å². The van der Waals surface area contributed by atoms with E-state index in [1.807, 2.05) is 32.0 Å². The molecular weight excluding hydrogens is 276 g/mol. The Bertz CT molecular complexity index is 697. The molecule has 0 saturated heterocycles. The number of aryl methyl sites for hydroxylation is 2. The van der Waals surface area contributed by atoms with Gasteiger partial charge < -0.3 is 10.1 Å². The summed E-state index contributed by atoms with van der Waals surface area (Å²) in [7, 11) is 0. The Hall–Kier alpha value is -2.80. The molecule has 0 aliphatic carbocycles. The molecule has 0 aliphatic rings. The second-order valence-electron chi connectivity index (χ2n) is 5.02. The highest BCUT2D eigenvalue weighted by Gasteiger charge is 2.08. The first-order valence-electron chi connectivity index (χ1n) is 7.10. The highest BCUT2D eigenvalue weighted by atomic mass is 16.5. The zero-order valence-corrected chi connectivity index (χ0v) is 12.7. The van der Waals surface area contributed by atoms with Gasteiger partial charge >= 0.3 is 0 Å². The Kier molecular flexibility index (Phi) is 5.16. The van der Waals surface area contributed by atoms with E-state index in [9.17, 15) is 4.79 Å². The Labute approximate surface area is 130 Å². The van der Waals surface area contributed by atoms with Gasteiger partial charge in [0.2, 0.25) is 5.91 Å². The number of hydrogen-bond acceptors (Lipinski definition) is 3. The molecule has 22 heavy (non-hydrogen) atoms. The minimum Gasteiger partial charge on any atom is -0.493 e. The quantitative estimate of drug-likeness (QED) is 0.916. The first kappa shape index (κ1) is 15.6. The number of carbonyl (C=O) groups is 1. The van der Waals surface area contributed by atoms with E-state index < -0.39 is 0 Å². The van der Waals surface area contributed by atoms with Crippen molar-refractivity contribution < 1.29 is 9.53 Å². The summed E-state index contributed by atoms with van der Waals surface area (Å²) in [6, 6.07) is 14.9. The van der Waals surface area contributed by atoms with E-state index in [1.54, 1.807) is 24.3 Å². The largest absolute Gasteiger partial charge is 0.493 e. The summed E-state index contributed by atoms with van der Waals surface area (Å²) in [6.45, 7) is 4.25. The van der Waals surface area contributed by atoms with Gasteiger partial charge in [-0.2, -0.15) is 5.26 Å². The Morgan fingerprint density at radius 3 is 2.50 bits per heavy atom. The van der Waals surface area contributed by atoms with Crippen molar-refractivity contribution in [3.8, 4) is 11.8 Å². The molecule has 0 aliphatic heterocycles. The zero-order valence-electron chi connectivity index (χ0n) is 12.7. The van der Waals surface area contributed by atoms with Crippen molar-refractivity contribution >= 4 is 11.6 Å². The molecule has 2 aromatic carbocycles. The van der Waals surface area contributed by atoms with Crippen molar-refractivity contribution in [1.29, 1.82) is 5.26 Å². The fourth-order valence-corrected chi connectivity index (χ4v) is 2.17. The van der Waals surface area contributed by atoms with Crippen LogP contribution < -0.4 is 10.1 Å². The van der Waals surface area contributed by atoms with Gasteiger partial charge in [0.1, 0.15) is 11.8 Å². The number of hydrogen-bond donors (Lipinski definition) is 1. The van der Waals surface area contributed by atoms with E-state index in [-0.39, 0.29) is 12.3 Å². The molecule has 2 rings (SSSR count). The normalized spacial score (nSPS) is 9.86. The third-order valence-electron chi connectivity index (χ3n) is 3.31. The molecule has 0 unspecified atom stereocenters. The second-order valence-corrected chi connectivity index (χ2v) is 5.02. The number of rotatable bonds is 5. The number of nitrogens with one attached hydrogen (secondary N) is 1. The first-order valence-corrected chi connectivity index (χ1v) is 7.10. The number of carbonyl (C=O) groups excluding carboxylic acids is 1. The minimum absolute atomic E-state index is 0.172. The zero-order chi connectivity index (χ0) is 15.9. The van der Waals surface area contributed by atoms with Crippen molar-refractivity contribution in [2.45, 2.75) is 20.3 Å². The minimum atomic E-state index is -0.172. The van der Waals surface area contributed by atoms with Crippen LogP contribution in [0.3, 0.4) is 0 Å². The van der Waals surface area contributed by atoms with Crippen LogP contribution >= 0.6 is 0 Å². The van der Waals surface area contributed by atoms with E-state index in [2.05, 4.69) is 11.4 Å². The number of ether oxygens (including phenoxy) is 1. The summed E-state index contributed by atoms with van der Waals surface area (Å²) in [5, 5.41) is 11.7. The predicted molar refractivity (Wildman–Crippen MR) is 85.8 cm³/mol. The van der Waals surface area contributed by atoms with Crippen LogP contribution in [-0.4, -0.2) is 12.5 Å². The molecule has 0 fully saturated rings. The number of benzene rings is 2. The average Bonchev–Trinajstić information content (AvgIpc) is 2.51. The Balaban J connectivity index is 1.90. The summed E-state index contributed by atoms with van der Waals surface area (Å²) in [6.07, 6.45) is 0.230. The highest BCUT2D eigenvalue weighted by molar-refractivity contribution is 5.92. The van der Waals surface area contributed by atoms with Crippen molar-refractivity contribution in [2.24, 2.45) is 0 Å². The average molecular weight is 294 g/mol. The Morgan fingerprint density at radius 1 is 1.14 bits per heavy atom. The predicted octanol–water partition coefficient (Wildman–Crippen LogP) is 3.58. The second kappa shape index (κ2) is 7.28. The van der Waals surface area contributed by atoms with Crippen molar-refractivity contribution in [2.75, 3.05) is 11.9 Å². The van der Waals surface area contributed by atoms with E-state index in [0.29, 0.717) is 17.9 Å². The number of nitrogens with zero attached hydrogens (tertiary/aromatic N) is 1. The van der Waals surface area contributed by atoms with Gasteiger partial charge in [-0.1, -0.05) is 30.3 Å². The van der Waals surface area contributed by atoms with Crippen LogP contribution in [0.5, 0.6) is 5.75 Å². The number of amides is 1. The fourth-order valence-electron chi connectivity index (χ4n) is 2.17. The lowest BCUT2D eigenvalue weighted by molar-refractivity contribution is -0.116. The van der Waals surface area contributed by atoms with Crippen molar-refractivity contribution in [3.05, 3.63) is 59.2 Å². The molecule has 0 aromatic heterocycles. The van der Waals surface area contributed by atoms with E-state index >= 15 is 0 Å². The van der Waals surface area contributed by atoms with Gasteiger partial charge in [-0.15, -0.1) is 0 Å². The molecule has 1 N–H and O–H groups in total. The highest BCUT2D eigenvalue weighted by Crippen LogP contribution is 2.22. The van der Waals surface area contributed by atoms with Crippen LogP contribution in [0.2, 0.25) is 0 Å². The Morgan fingerprint density at radius 2 is 1.82 bits per heavy atom. The van der Waals surface area contributed by atoms with Crippen LogP contribution in [0.25, 0.3) is 0 Å². The van der Waals surface area contributed by atoms with Crippen LogP contribution in [0.1, 0.15) is 23.1 Å². The van der Waals surface area contributed by atoms with Gasteiger partial charge in [-0.25, -0.2) is 0 Å². The summed E-state index contributed by atoms with van der Waals surface area (Å²) in [5.41, 5.74) is 3.08. The lowest BCUT2D eigenvalue weighted by Gasteiger charge is -2.12. The molecule has 1 amide bonds. The monoisotopic (exact) mass is 294 g/mol. The summed E-state index contributed by atoms with van der Waals surface area (Å²) in [5.74, 6) is 0.654. The first-order chi connectivity index (χ1) is 10.6. The summed E-state index contributed by atoms with van der Waals surface area (Å²) in [4.78, 5) is 11.9. The van der Waals surface area contributed by atoms with Crippen molar-refractivity contribution in [3.63, 3.8) is 0 Å². The summed E-state index contributed by atoms with van der Waals surface area (Å²) >= 11 is 0. The number of anilines is 1. The molecule has 0 saturated carbocycles. The molecule has 0 heterocycles. The lowest BCUT2D eigenvalue weighted by Crippen LogP contribution is -2.16. The van der Waals surface area contributed by atoms with Gasteiger partial charge in [0, 0.05) is 0 Å². The summed E-state index contributed by atoms with van der Waals surface area (Å²) < 4.78 is 5.71.